The normalized spacial score (nSPS) is 10.8. The van der Waals surface area contributed by atoms with Gasteiger partial charge < -0.3 is 9.32 Å². The first-order valence-corrected chi connectivity index (χ1v) is 8.87. The Kier molecular flexibility index (Phi) is 4.72. The molecule has 1 amide bonds. The van der Waals surface area contributed by atoms with Crippen LogP contribution in [0.1, 0.15) is 27.2 Å². The van der Waals surface area contributed by atoms with Crippen molar-refractivity contribution in [2.45, 2.75) is 20.4 Å². The van der Waals surface area contributed by atoms with Crippen LogP contribution in [0, 0.1) is 13.8 Å². The molecule has 2 aromatic heterocycles. The van der Waals surface area contributed by atoms with Crippen LogP contribution in [0.2, 0.25) is 0 Å². The van der Waals surface area contributed by atoms with E-state index in [2.05, 4.69) is 15.5 Å². The molecule has 2 heterocycles. The number of hydrogen-bond acceptors (Lipinski definition) is 5. The van der Waals surface area contributed by atoms with Crippen molar-refractivity contribution < 1.29 is 9.21 Å². The van der Waals surface area contributed by atoms with Crippen LogP contribution >= 0.6 is 0 Å². The lowest BCUT2D eigenvalue weighted by atomic mass is 10.1. The molecule has 7 heteroatoms. The molecule has 4 rings (SSSR count). The molecule has 0 N–H and O–H groups in total. The van der Waals surface area contributed by atoms with Gasteiger partial charge in [-0.3, -0.25) is 4.79 Å². The fourth-order valence-corrected chi connectivity index (χ4v) is 3.04. The Morgan fingerprint density at radius 2 is 1.93 bits per heavy atom. The van der Waals surface area contributed by atoms with Gasteiger partial charge in [0.25, 0.3) is 5.91 Å². The molecule has 2 aromatic carbocycles. The minimum absolute atomic E-state index is 0.105. The third-order valence-electron chi connectivity index (χ3n) is 4.52. The smallest absolute Gasteiger partial charge is 0.258 e. The SMILES string of the molecule is Cc1ccc(N(Cc2ccco2)C(=O)c2ccc(-n3cnnn3)c(C)c2)cc1. The van der Waals surface area contributed by atoms with E-state index in [9.17, 15) is 4.79 Å². The molecule has 140 valence electrons. The number of carbonyl (C=O) groups is 1. The second-order valence-electron chi connectivity index (χ2n) is 6.56. The number of hydrogen-bond donors (Lipinski definition) is 0. The maximum Gasteiger partial charge on any atom is 0.258 e. The van der Waals surface area contributed by atoms with Crippen molar-refractivity contribution in [3.63, 3.8) is 0 Å². The number of aryl methyl sites for hydroxylation is 2. The van der Waals surface area contributed by atoms with Gasteiger partial charge in [0.05, 0.1) is 18.5 Å². The number of anilines is 1. The molecule has 0 radical (unpaired) electrons. The number of furan rings is 1. The lowest BCUT2D eigenvalue weighted by Gasteiger charge is -2.22. The van der Waals surface area contributed by atoms with Crippen molar-refractivity contribution in [2.24, 2.45) is 0 Å². The molecule has 0 bridgehead atoms. The highest BCUT2D eigenvalue weighted by Crippen LogP contribution is 2.23. The van der Waals surface area contributed by atoms with Crippen LogP contribution in [0.15, 0.2) is 71.6 Å². The van der Waals surface area contributed by atoms with Crippen LogP contribution in [0.4, 0.5) is 5.69 Å². The summed E-state index contributed by atoms with van der Waals surface area (Å²) >= 11 is 0. The van der Waals surface area contributed by atoms with Crippen molar-refractivity contribution >= 4 is 11.6 Å². The summed E-state index contributed by atoms with van der Waals surface area (Å²) in [5.41, 5.74) is 4.26. The Morgan fingerprint density at radius 3 is 2.57 bits per heavy atom. The van der Waals surface area contributed by atoms with E-state index < -0.39 is 0 Å². The highest BCUT2D eigenvalue weighted by molar-refractivity contribution is 6.06. The van der Waals surface area contributed by atoms with Crippen LogP contribution in [-0.4, -0.2) is 26.1 Å². The number of rotatable bonds is 5. The van der Waals surface area contributed by atoms with Crippen molar-refractivity contribution in [1.29, 1.82) is 0 Å². The molecule has 0 fully saturated rings. The molecule has 0 unspecified atom stereocenters. The van der Waals surface area contributed by atoms with Crippen LogP contribution in [0.25, 0.3) is 5.69 Å². The van der Waals surface area contributed by atoms with Gasteiger partial charge in [-0.1, -0.05) is 17.7 Å². The van der Waals surface area contributed by atoms with E-state index in [4.69, 9.17) is 4.42 Å². The molecule has 0 atom stereocenters. The first kappa shape index (κ1) is 17.7. The van der Waals surface area contributed by atoms with Gasteiger partial charge in [-0.2, -0.15) is 0 Å². The maximum absolute atomic E-state index is 13.3. The van der Waals surface area contributed by atoms with E-state index in [-0.39, 0.29) is 5.91 Å². The Balaban J connectivity index is 1.68. The first-order chi connectivity index (χ1) is 13.6. The fourth-order valence-electron chi connectivity index (χ4n) is 3.04. The predicted molar refractivity (Wildman–Crippen MR) is 104 cm³/mol. The summed E-state index contributed by atoms with van der Waals surface area (Å²) in [5.74, 6) is 0.613. The molecule has 0 aliphatic heterocycles. The Morgan fingerprint density at radius 1 is 1.11 bits per heavy atom. The molecule has 28 heavy (non-hydrogen) atoms. The summed E-state index contributed by atoms with van der Waals surface area (Å²) in [4.78, 5) is 15.1. The average molecular weight is 373 g/mol. The molecule has 0 spiro atoms. The Hall–Kier alpha value is -3.74. The number of tetrazole rings is 1. The lowest BCUT2D eigenvalue weighted by molar-refractivity contribution is 0.0983. The number of nitrogens with zero attached hydrogens (tertiary/aromatic N) is 5. The first-order valence-electron chi connectivity index (χ1n) is 8.87. The number of carbonyl (C=O) groups excluding carboxylic acids is 1. The number of benzene rings is 2. The van der Waals surface area contributed by atoms with E-state index >= 15 is 0 Å². The zero-order valence-electron chi connectivity index (χ0n) is 15.6. The third kappa shape index (κ3) is 3.55. The Labute approximate surface area is 162 Å². The molecule has 0 aliphatic carbocycles. The summed E-state index contributed by atoms with van der Waals surface area (Å²) in [6.07, 6.45) is 3.14. The van der Waals surface area contributed by atoms with Gasteiger partial charge in [-0.15, -0.1) is 5.10 Å². The van der Waals surface area contributed by atoms with Crippen LogP contribution in [0.5, 0.6) is 0 Å². The highest BCUT2D eigenvalue weighted by atomic mass is 16.3. The van der Waals surface area contributed by atoms with Crippen LogP contribution in [0.3, 0.4) is 0 Å². The topological polar surface area (TPSA) is 77.0 Å². The number of amides is 1. The quantitative estimate of drug-likeness (QED) is 0.533. The molecular formula is C21H19N5O2. The van der Waals surface area contributed by atoms with Gasteiger partial charge in [0.2, 0.25) is 0 Å². The number of aromatic nitrogens is 4. The minimum atomic E-state index is -0.105. The van der Waals surface area contributed by atoms with Gasteiger partial charge in [0.1, 0.15) is 12.1 Å². The van der Waals surface area contributed by atoms with Crippen molar-refractivity contribution in [3.05, 3.63) is 89.6 Å². The summed E-state index contributed by atoms with van der Waals surface area (Å²) in [5, 5.41) is 11.2. The molecule has 7 nitrogen and oxygen atoms in total. The van der Waals surface area contributed by atoms with Gasteiger partial charge in [-0.05, 0) is 72.3 Å². The van der Waals surface area contributed by atoms with E-state index in [1.807, 2.05) is 62.4 Å². The molecule has 0 aliphatic rings. The van der Waals surface area contributed by atoms with Crippen LogP contribution in [-0.2, 0) is 6.54 Å². The second kappa shape index (κ2) is 7.48. The molecule has 0 saturated heterocycles. The molecule has 0 saturated carbocycles. The average Bonchev–Trinajstić information content (AvgIpc) is 3.40. The van der Waals surface area contributed by atoms with Crippen LogP contribution < -0.4 is 4.90 Å². The zero-order valence-corrected chi connectivity index (χ0v) is 15.6. The zero-order chi connectivity index (χ0) is 19.5. The Bertz CT molecular complexity index is 1070. The maximum atomic E-state index is 13.3. The monoisotopic (exact) mass is 373 g/mol. The minimum Gasteiger partial charge on any atom is -0.467 e. The molecular weight excluding hydrogens is 354 g/mol. The van der Waals surface area contributed by atoms with Crippen molar-refractivity contribution in [1.82, 2.24) is 20.2 Å². The van der Waals surface area contributed by atoms with Gasteiger partial charge in [0.15, 0.2) is 0 Å². The largest absolute Gasteiger partial charge is 0.467 e. The third-order valence-corrected chi connectivity index (χ3v) is 4.52. The van der Waals surface area contributed by atoms with E-state index in [1.165, 1.54) is 6.33 Å². The van der Waals surface area contributed by atoms with Gasteiger partial charge >= 0.3 is 0 Å². The standard InChI is InChI=1S/C21H19N5O2/c1-15-5-8-18(9-6-15)25(13-19-4-3-11-28-19)21(27)17-7-10-20(16(2)12-17)26-14-22-23-24-26/h3-12,14H,13H2,1-2H3. The van der Waals surface area contributed by atoms with Crippen molar-refractivity contribution in [3.8, 4) is 5.69 Å². The van der Waals surface area contributed by atoms with E-state index in [0.29, 0.717) is 12.1 Å². The summed E-state index contributed by atoms with van der Waals surface area (Å²) in [7, 11) is 0. The highest BCUT2D eigenvalue weighted by Gasteiger charge is 2.20. The summed E-state index contributed by atoms with van der Waals surface area (Å²) in [6, 6.07) is 17.0. The van der Waals surface area contributed by atoms with Gasteiger partial charge in [-0.25, -0.2) is 4.68 Å². The molecule has 4 aromatic rings. The van der Waals surface area contributed by atoms with Gasteiger partial charge in [0, 0.05) is 11.3 Å². The van der Waals surface area contributed by atoms with E-state index in [0.717, 1.165) is 28.3 Å². The lowest BCUT2D eigenvalue weighted by Crippen LogP contribution is -2.30. The summed E-state index contributed by atoms with van der Waals surface area (Å²) in [6.45, 7) is 4.29. The predicted octanol–water partition coefficient (Wildman–Crippen LogP) is 3.72. The van der Waals surface area contributed by atoms with Crippen molar-refractivity contribution in [2.75, 3.05) is 4.90 Å². The van der Waals surface area contributed by atoms with E-state index in [1.54, 1.807) is 21.9 Å². The fraction of sp³-hybridized carbons (Fsp3) is 0.143. The summed E-state index contributed by atoms with van der Waals surface area (Å²) < 4.78 is 7.04. The second-order valence-corrected chi connectivity index (χ2v) is 6.56.